The van der Waals surface area contributed by atoms with Crippen molar-refractivity contribution in [2.24, 2.45) is 5.92 Å². The first-order chi connectivity index (χ1) is 32.7. The molecule has 2 unspecified atom stereocenters. The van der Waals surface area contributed by atoms with E-state index in [0.717, 1.165) is 59.8 Å². The summed E-state index contributed by atoms with van der Waals surface area (Å²) in [6.07, 6.45) is 13.8. The lowest BCUT2D eigenvalue weighted by molar-refractivity contribution is 0.477. The van der Waals surface area contributed by atoms with Crippen LogP contribution in [-0.4, -0.2) is 6.04 Å². The van der Waals surface area contributed by atoms with Crippen LogP contribution >= 0.6 is 0 Å². The van der Waals surface area contributed by atoms with E-state index in [1.165, 1.54) is 55.5 Å². The fourth-order valence-electron chi connectivity index (χ4n) is 10.2. The maximum Gasteiger partial charge on any atom is 0.0540 e. The van der Waals surface area contributed by atoms with Gasteiger partial charge in [-0.15, -0.1) is 0 Å². The number of benzene rings is 9. The molecule has 0 spiro atoms. The zero-order valence-electron chi connectivity index (χ0n) is 37.4. The normalized spacial score (nSPS) is 15.3. The van der Waals surface area contributed by atoms with Crippen molar-refractivity contribution in [3.8, 4) is 22.3 Å². The van der Waals surface area contributed by atoms with Crippen molar-refractivity contribution in [1.82, 2.24) is 0 Å². The Bertz CT molecular complexity index is 3130. The number of rotatable bonds is 11. The SMILES string of the molecule is CC1C=CCCC1N(c1ccc(-c2ccc(N(c3ccccc3)c3ccc(-c4ccc(N(c5ccccc5)c5cccc6ccccc56)cc4)cc3)cc2)cc1)c1cccc2c1CCC=C2. The van der Waals surface area contributed by atoms with Gasteiger partial charge in [0.2, 0.25) is 0 Å². The zero-order valence-corrected chi connectivity index (χ0v) is 37.4. The van der Waals surface area contributed by atoms with Gasteiger partial charge in [0.05, 0.1) is 5.69 Å². The molecule has 0 heterocycles. The van der Waals surface area contributed by atoms with Crippen LogP contribution in [0.2, 0.25) is 0 Å². The van der Waals surface area contributed by atoms with Crippen LogP contribution in [-0.2, 0) is 6.42 Å². The molecule has 0 amide bonds. The summed E-state index contributed by atoms with van der Waals surface area (Å²) in [5.41, 5.74) is 16.9. The molecule has 0 bridgehead atoms. The van der Waals surface area contributed by atoms with E-state index >= 15 is 0 Å². The molecule has 0 N–H and O–H groups in total. The van der Waals surface area contributed by atoms with Crippen molar-refractivity contribution in [3.63, 3.8) is 0 Å². The molecule has 0 aromatic heterocycles. The molecule has 3 nitrogen and oxygen atoms in total. The number of allylic oxidation sites excluding steroid dienone is 2. The van der Waals surface area contributed by atoms with Crippen LogP contribution in [0.3, 0.4) is 0 Å². The van der Waals surface area contributed by atoms with E-state index in [4.69, 9.17) is 0 Å². The van der Waals surface area contributed by atoms with Gasteiger partial charge in [-0.1, -0.05) is 165 Å². The highest BCUT2D eigenvalue weighted by atomic mass is 15.2. The summed E-state index contributed by atoms with van der Waals surface area (Å²) in [6, 6.07) is 79.9. The van der Waals surface area contributed by atoms with Crippen LogP contribution in [0, 0.1) is 5.92 Å². The van der Waals surface area contributed by atoms with Gasteiger partial charge in [0.25, 0.3) is 0 Å². The van der Waals surface area contributed by atoms with Crippen LogP contribution < -0.4 is 14.7 Å². The smallest absolute Gasteiger partial charge is 0.0540 e. The average Bonchev–Trinajstić information content (AvgIpc) is 3.39. The Labute approximate surface area is 389 Å². The summed E-state index contributed by atoms with van der Waals surface area (Å²) in [4.78, 5) is 7.34. The Morgan fingerprint density at radius 3 is 1.48 bits per heavy atom. The molecule has 0 aliphatic heterocycles. The highest BCUT2D eigenvalue weighted by Gasteiger charge is 2.29. The van der Waals surface area contributed by atoms with Gasteiger partial charge < -0.3 is 14.7 Å². The van der Waals surface area contributed by atoms with E-state index in [1.54, 1.807) is 0 Å². The molecular formula is C63H53N3. The average molecular weight is 852 g/mol. The predicted molar refractivity (Wildman–Crippen MR) is 281 cm³/mol. The van der Waals surface area contributed by atoms with E-state index in [9.17, 15) is 0 Å². The molecular weight excluding hydrogens is 799 g/mol. The number of para-hydroxylation sites is 2. The lowest BCUT2D eigenvalue weighted by atomic mass is 9.87. The van der Waals surface area contributed by atoms with Crippen LogP contribution in [0.25, 0.3) is 39.1 Å². The van der Waals surface area contributed by atoms with E-state index in [0.29, 0.717) is 12.0 Å². The number of hydrogen-bond donors (Lipinski definition) is 0. The van der Waals surface area contributed by atoms with Crippen LogP contribution in [0.5, 0.6) is 0 Å². The molecule has 2 atom stereocenters. The molecule has 9 aromatic carbocycles. The number of nitrogens with zero attached hydrogens (tertiary/aromatic N) is 3. The molecule has 2 aliphatic rings. The zero-order chi connectivity index (χ0) is 44.2. The van der Waals surface area contributed by atoms with Gasteiger partial charge in [0.1, 0.15) is 0 Å². The topological polar surface area (TPSA) is 9.72 Å². The molecule has 2 aliphatic carbocycles. The minimum absolute atomic E-state index is 0.411. The molecule has 0 fully saturated rings. The van der Waals surface area contributed by atoms with Crippen molar-refractivity contribution in [1.29, 1.82) is 0 Å². The standard InChI is InChI=1S/C63H53N3/c1-46-16-8-13-27-61(46)66(63-29-15-20-52-18-10-12-26-60(52)63)58-44-36-50(37-45-58)48-32-40-56(41-33-48)64(53-21-4-2-5-22-53)55-38-30-47(31-39-55)49-34-42-57(43-35-49)65(54-23-6-3-7-24-54)62-28-14-19-51-17-9-11-25-59(51)62/h2-11,14-25,28-46,61H,12-13,26-27H2,1H3. The first-order valence-corrected chi connectivity index (χ1v) is 23.5. The molecule has 0 radical (unpaired) electrons. The van der Waals surface area contributed by atoms with E-state index < -0.39 is 0 Å². The van der Waals surface area contributed by atoms with E-state index in [1.807, 2.05) is 0 Å². The Hall–Kier alpha value is -7.88. The molecule has 0 saturated heterocycles. The molecule has 9 aromatic rings. The van der Waals surface area contributed by atoms with Crippen molar-refractivity contribution < 1.29 is 0 Å². The fraction of sp³-hybridized carbons (Fsp3) is 0.111. The molecule has 66 heavy (non-hydrogen) atoms. The summed E-state index contributed by atoms with van der Waals surface area (Å²) in [7, 11) is 0. The van der Waals surface area contributed by atoms with Crippen molar-refractivity contribution in [2.45, 2.75) is 38.6 Å². The van der Waals surface area contributed by atoms with E-state index in [2.05, 4.69) is 264 Å². The summed E-state index contributed by atoms with van der Waals surface area (Å²) >= 11 is 0. The molecule has 3 heteroatoms. The Kier molecular flexibility index (Phi) is 11.3. The fourth-order valence-corrected chi connectivity index (χ4v) is 10.2. The third-order valence-electron chi connectivity index (χ3n) is 13.5. The predicted octanol–water partition coefficient (Wildman–Crippen LogP) is 17.6. The van der Waals surface area contributed by atoms with Gasteiger partial charge in [-0.05, 0) is 155 Å². The van der Waals surface area contributed by atoms with Gasteiger partial charge in [-0.3, -0.25) is 0 Å². The number of hydrogen-bond acceptors (Lipinski definition) is 3. The quantitative estimate of drug-likeness (QED) is 0.120. The lowest BCUT2D eigenvalue weighted by Crippen LogP contribution is -2.37. The van der Waals surface area contributed by atoms with Gasteiger partial charge in [-0.2, -0.15) is 0 Å². The maximum absolute atomic E-state index is 2.64. The van der Waals surface area contributed by atoms with Crippen molar-refractivity contribution in [2.75, 3.05) is 14.7 Å². The third kappa shape index (κ3) is 8.10. The monoisotopic (exact) mass is 851 g/mol. The van der Waals surface area contributed by atoms with Gasteiger partial charge in [0, 0.05) is 51.2 Å². The first-order valence-electron chi connectivity index (χ1n) is 23.5. The second-order valence-corrected chi connectivity index (χ2v) is 17.6. The van der Waals surface area contributed by atoms with Gasteiger partial charge >= 0.3 is 0 Å². The lowest BCUT2D eigenvalue weighted by Gasteiger charge is -2.40. The Morgan fingerprint density at radius 1 is 0.394 bits per heavy atom. The Balaban J connectivity index is 0.864. The van der Waals surface area contributed by atoms with Gasteiger partial charge in [-0.25, -0.2) is 0 Å². The molecule has 0 saturated carbocycles. The second-order valence-electron chi connectivity index (χ2n) is 17.6. The van der Waals surface area contributed by atoms with Crippen molar-refractivity contribution in [3.05, 3.63) is 248 Å². The highest BCUT2D eigenvalue weighted by molar-refractivity contribution is 5.99. The summed E-state index contributed by atoms with van der Waals surface area (Å²) in [6.45, 7) is 2.37. The van der Waals surface area contributed by atoms with Gasteiger partial charge in [0.15, 0.2) is 0 Å². The largest absolute Gasteiger partial charge is 0.338 e. The molecule has 320 valence electrons. The number of fused-ring (bicyclic) bond motifs is 2. The first kappa shape index (κ1) is 40.9. The second kappa shape index (κ2) is 18.3. The van der Waals surface area contributed by atoms with Crippen LogP contribution in [0.4, 0.5) is 45.5 Å². The highest BCUT2D eigenvalue weighted by Crippen LogP contribution is 2.43. The maximum atomic E-state index is 2.64. The van der Waals surface area contributed by atoms with E-state index in [-0.39, 0.29) is 0 Å². The van der Waals surface area contributed by atoms with Crippen LogP contribution in [0.15, 0.2) is 237 Å². The van der Waals surface area contributed by atoms with Crippen LogP contribution in [0.1, 0.15) is 37.3 Å². The summed E-state index contributed by atoms with van der Waals surface area (Å²) < 4.78 is 0. The summed E-state index contributed by atoms with van der Waals surface area (Å²) in [5, 5.41) is 2.45. The minimum atomic E-state index is 0.411. The minimum Gasteiger partial charge on any atom is -0.338 e. The Morgan fingerprint density at radius 2 is 0.879 bits per heavy atom. The summed E-state index contributed by atoms with van der Waals surface area (Å²) in [5.74, 6) is 0.467. The third-order valence-corrected chi connectivity index (χ3v) is 13.5. The molecule has 11 rings (SSSR count). The number of anilines is 8. The van der Waals surface area contributed by atoms with Crippen molar-refractivity contribution >= 4 is 62.3 Å².